The monoisotopic (exact) mass is 667 g/mol. The molecule has 2 N–H and O–H groups in total. The number of alkyl halides is 2. The van der Waals surface area contributed by atoms with Crippen LogP contribution in [0.3, 0.4) is 0 Å². The Bertz CT molecular complexity index is 1680. The van der Waals surface area contributed by atoms with Crippen molar-refractivity contribution in [2.45, 2.75) is 77.4 Å². The van der Waals surface area contributed by atoms with Gasteiger partial charge in [-0.1, -0.05) is 20.8 Å². The fraction of sp³-hybridized carbons (Fsp3) is 0.455. The number of nitrogens with one attached hydrogen (secondary N) is 2. The predicted molar refractivity (Wildman–Crippen MR) is 179 cm³/mol. The molecule has 1 aromatic carbocycles. The molecule has 252 valence electrons. The zero-order valence-corrected chi connectivity index (χ0v) is 28.9. The summed E-state index contributed by atoms with van der Waals surface area (Å²) in [5.41, 5.74) is 2.44. The van der Waals surface area contributed by atoms with Gasteiger partial charge in [-0.05, 0) is 43.1 Å². The molecular weight excluding hydrogens is 624 g/mol. The van der Waals surface area contributed by atoms with Crippen molar-refractivity contribution in [3.05, 3.63) is 60.3 Å². The van der Waals surface area contributed by atoms with E-state index in [1.165, 1.54) is 0 Å². The van der Waals surface area contributed by atoms with Crippen LogP contribution in [0.5, 0.6) is 17.2 Å². The maximum atomic E-state index is 13.8. The van der Waals surface area contributed by atoms with E-state index in [0.717, 1.165) is 29.5 Å². The number of hydrogen-bond donors (Lipinski definition) is 2. The second-order valence-electron chi connectivity index (χ2n) is 12.9. The molecule has 3 aromatic heterocycles. The van der Waals surface area contributed by atoms with Gasteiger partial charge in [-0.2, -0.15) is 5.10 Å². The summed E-state index contributed by atoms with van der Waals surface area (Å²) in [5, 5.41) is 10.8. The lowest BCUT2D eigenvalue weighted by molar-refractivity contribution is 0.140. The smallest absolute Gasteiger partial charge is 0.297 e. The third kappa shape index (κ3) is 8.74. The summed E-state index contributed by atoms with van der Waals surface area (Å²) < 4.78 is 52.8. The number of methoxy groups -OCH3 is 2. The molecule has 5 rings (SSSR count). The minimum atomic E-state index is -2.87. The molecule has 1 fully saturated rings. The fourth-order valence-corrected chi connectivity index (χ4v) is 5.49. The van der Waals surface area contributed by atoms with Crippen LogP contribution in [-0.2, 0) is 17.5 Å². The first kappa shape index (κ1) is 34.0. The van der Waals surface area contributed by atoms with Gasteiger partial charge in [0.2, 0.25) is 0 Å². The molecule has 4 aromatic rings. The van der Waals surface area contributed by atoms with E-state index >= 15 is 0 Å². The fourth-order valence-electron chi connectivity index (χ4n) is 4.45. The third-order valence-electron chi connectivity index (χ3n) is 8.37. The van der Waals surface area contributed by atoms with E-state index < -0.39 is 20.6 Å². The van der Waals surface area contributed by atoms with Crippen LogP contribution in [0.15, 0.2) is 48.9 Å². The number of aromatic nitrogens is 5. The molecule has 3 heterocycles. The van der Waals surface area contributed by atoms with E-state index in [4.69, 9.17) is 18.6 Å². The lowest BCUT2D eigenvalue weighted by atomic mass is 10.1. The third-order valence-corrected chi connectivity index (χ3v) is 12.9. The number of hydrogen-bond acceptors (Lipinski definition) is 10. The van der Waals surface area contributed by atoms with Crippen LogP contribution in [0.2, 0.25) is 18.1 Å². The SMILES string of the molecule is COc1ccc(CNc2cc(Nc3cc(OC4CC4)c(-c4cnn(CCO[Si](C)(C)C(C)(C)C)c4)cn3)nc(C(F)F)n2)c(OC)c1. The largest absolute Gasteiger partial charge is 0.497 e. The van der Waals surface area contributed by atoms with Crippen LogP contribution in [0, 0.1) is 0 Å². The van der Waals surface area contributed by atoms with Gasteiger partial charge in [0.05, 0.1) is 39.7 Å². The number of rotatable bonds is 15. The van der Waals surface area contributed by atoms with E-state index in [-0.39, 0.29) is 29.3 Å². The highest BCUT2D eigenvalue weighted by Gasteiger charge is 2.37. The molecule has 0 bridgehead atoms. The average Bonchev–Trinajstić information content (AvgIpc) is 3.73. The molecule has 0 unspecified atom stereocenters. The number of ether oxygens (including phenoxy) is 3. The summed E-state index contributed by atoms with van der Waals surface area (Å²) in [7, 11) is 1.26. The Morgan fingerprint density at radius 2 is 1.74 bits per heavy atom. The Hall–Kier alpha value is -4.30. The summed E-state index contributed by atoms with van der Waals surface area (Å²) in [6.45, 7) is 12.6. The Kier molecular flexibility index (Phi) is 10.3. The Balaban J connectivity index is 1.32. The predicted octanol–water partition coefficient (Wildman–Crippen LogP) is 7.61. The summed E-state index contributed by atoms with van der Waals surface area (Å²) in [6, 6.07) is 8.68. The van der Waals surface area contributed by atoms with Gasteiger partial charge in [0, 0.05) is 53.8 Å². The quantitative estimate of drug-likeness (QED) is 0.123. The van der Waals surface area contributed by atoms with Gasteiger partial charge in [0.25, 0.3) is 6.43 Å². The van der Waals surface area contributed by atoms with Crippen molar-refractivity contribution in [3.63, 3.8) is 0 Å². The second-order valence-corrected chi connectivity index (χ2v) is 17.7. The molecule has 0 saturated heterocycles. The van der Waals surface area contributed by atoms with Gasteiger partial charge in [0.15, 0.2) is 14.1 Å². The first-order valence-corrected chi connectivity index (χ1v) is 18.5. The van der Waals surface area contributed by atoms with Crippen molar-refractivity contribution in [1.82, 2.24) is 24.7 Å². The molecule has 11 nitrogen and oxygen atoms in total. The molecule has 1 aliphatic carbocycles. The highest BCUT2D eigenvalue weighted by atomic mass is 28.4. The Morgan fingerprint density at radius 1 is 0.979 bits per heavy atom. The number of anilines is 3. The molecule has 0 amide bonds. The summed E-state index contributed by atoms with van der Waals surface area (Å²) in [4.78, 5) is 12.6. The Morgan fingerprint density at radius 3 is 2.43 bits per heavy atom. The topological polar surface area (TPSA) is 117 Å². The van der Waals surface area contributed by atoms with Crippen LogP contribution in [0.25, 0.3) is 11.1 Å². The number of halogens is 2. The van der Waals surface area contributed by atoms with Crippen LogP contribution in [0.1, 0.15) is 51.4 Å². The standard InChI is InChI=1S/C33H43F2N7O4Si/c1-33(2,3)47(6,7)45-13-12-42-20-22(18-38-42)25-19-37-28(15-27(25)46-23-10-11-23)39-30-16-29(40-32(41-30)31(34)35)36-17-21-8-9-24(43-4)14-26(21)44-5/h8-9,14-16,18-20,23,31H,10-13,17H2,1-7H3,(H2,36,37,39,40,41). The molecular formula is C33H43F2N7O4Si. The van der Waals surface area contributed by atoms with Gasteiger partial charge in [0.1, 0.15) is 34.7 Å². The van der Waals surface area contributed by atoms with Crippen molar-refractivity contribution in [3.8, 4) is 28.4 Å². The van der Waals surface area contributed by atoms with Crippen LogP contribution in [-0.4, -0.2) is 60.0 Å². The van der Waals surface area contributed by atoms with Crippen molar-refractivity contribution in [2.75, 3.05) is 31.5 Å². The van der Waals surface area contributed by atoms with Crippen molar-refractivity contribution in [1.29, 1.82) is 0 Å². The normalized spacial score (nSPS) is 13.5. The molecule has 47 heavy (non-hydrogen) atoms. The number of benzene rings is 1. The highest BCUT2D eigenvalue weighted by molar-refractivity contribution is 6.74. The van der Waals surface area contributed by atoms with E-state index in [0.29, 0.717) is 36.2 Å². The lowest BCUT2D eigenvalue weighted by Gasteiger charge is -2.36. The summed E-state index contributed by atoms with van der Waals surface area (Å²) in [5.74, 6) is 2.00. The van der Waals surface area contributed by atoms with E-state index in [9.17, 15) is 8.78 Å². The molecule has 0 atom stereocenters. The van der Waals surface area contributed by atoms with E-state index in [1.807, 2.05) is 16.9 Å². The molecule has 0 spiro atoms. The van der Waals surface area contributed by atoms with Crippen molar-refractivity contribution < 1.29 is 27.4 Å². The van der Waals surface area contributed by atoms with Crippen LogP contribution in [0.4, 0.5) is 26.2 Å². The lowest BCUT2D eigenvalue weighted by Crippen LogP contribution is -2.41. The van der Waals surface area contributed by atoms with E-state index in [2.05, 4.69) is 64.5 Å². The first-order valence-electron chi connectivity index (χ1n) is 15.6. The second kappa shape index (κ2) is 14.2. The molecule has 0 radical (unpaired) electrons. The maximum Gasteiger partial charge on any atom is 0.297 e. The number of nitrogens with zero attached hydrogens (tertiary/aromatic N) is 5. The average molecular weight is 668 g/mol. The summed E-state index contributed by atoms with van der Waals surface area (Å²) >= 11 is 0. The van der Waals surface area contributed by atoms with Crippen LogP contribution >= 0.6 is 0 Å². The number of pyridine rings is 1. The summed E-state index contributed by atoms with van der Waals surface area (Å²) in [6.07, 6.45) is 4.60. The van der Waals surface area contributed by atoms with Crippen molar-refractivity contribution in [2.24, 2.45) is 0 Å². The van der Waals surface area contributed by atoms with Crippen molar-refractivity contribution >= 4 is 25.8 Å². The first-order chi connectivity index (χ1) is 22.3. The molecule has 1 saturated carbocycles. The maximum absolute atomic E-state index is 13.8. The zero-order valence-electron chi connectivity index (χ0n) is 27.9. The molecule has 1 aliphatic rings. The minimum absolute atomic E-state index is 0.118. The minimum Gasteiger partial charge on any atom is -0.497 e. The van der Waals surface area contributed by atoms with Gasteiger partial charge in [-0.3, -0.25) is 4.68 Å². The van der Waals surface area contributed by atoms with Gasteiger partial charge < -0.3 is 29.3 Å². The highest BCUT2D eigenvalue weighted by Crippen LogP contribution is 2.38. The van der Waals surface area contributed by atoms with E-state index in [1.54, 1.807) is 50.9 Å². The Labute approximate surface area is 275 Å². The van der Waals surface area contributed by atoms with Gasteiger partial charge in [-0.15, -0.1) is 0 Å². The van der Waals surface area contributed by atoms with Crippen LogP contribution < -0.4 is 24.8 Å². The van der Waals surface area contributed by atoms with Gasteiger partial charge in [-0.25, -0.2) is 23.7 Å². The molecule has 14 heteroatoms. The zero-order chi connectivity index (χ0) is 33.8. The molecule has 0 aliphatic heterocycles. The van der Waals surface area contributed by atoms with Gasteiger partial charge >= 0.3 is 0 Å².